The van der Waals surface area contributed by atoms with Crippen molar-refractivity contribution in [1.82, 2.24) is 9.80 Å². The van der Waals surface area contributed by atoms with E-state index in [-0.39, 0.29) is 17.7 Å². The summed E-state index contributed by atoms with van der Waals surface area (Å²) in [5.41, 5.74) is 5.39. The van der Waals surface area contributed by atoms with Crippen LogP contribution in [0.2, 0.25) is 0 Å². The van der Waals surface area contributed by atoms with Crippen LogP contribution in [0.3, 0.4) is 0 Å². The van der Waals surface area contributed by atoms with Crippen LogP contribution in [0.15, 0.2) is 42.5 Å². The van der Waals surface area contributed by atoms with E-state index in [1.54, 1.807) is 0 Å². The van der Waals surface area contributed by atoms with E-state index in [2.05, 4.69) is 49.2 Å². The second-order valence-electron chi connectivity index (χ2n) is 11.2. The molecule has 1 atom stereocenters. The first-order chi connectivity index (χ1) is 17.5. The van der Waals surface area contributed by atoms with Gasteiger partial charge >= 0.3 is 0 Å². The summed E-state index contributed by atoms with van der Waals surface area (Å²) < 4.78 is 0. The van der Waals surface area contributed by atoms with Crippen LogP contribution in [0.25, 0.3) is 0 Å². The molecule has 1 aliphatic carbocycles. The number of hydrogen-bond acceptors (Lipinski definition) is 3. The Morgan fingerprint density at radius 1 is 0.861 bits per heavy atom. The molecule has 2 amide bonds. The number of anilines is 1. The minimum Gasteiger partial charge on any atom is -0.340 e. The standard InChI is InChI=1S/C31H41N3O2/c1-23-21-25(24-9-4-3-5-10-24)14-15-27(23)31(36)34-16-8-11-26(28-12-6-7-13-29(28)34)22-30(35)33-19-17-32(2)18-20-33/h6-7,12-15,21,24,26H,3-5,8-11,16-20,22H2,1-2H3. The highest BCUT2D eigenvalue weighted by Crippen LogP contribution is 2.38. The number of amides is 2. The topological polar surface area (TPSA) is 43.9 Å². The maximum Gasteiger partial charge on any atom is 0.258 e. The molecule has 36 heavy (non-hydrogen) atoms. The zero-order valence-corrected chi connectivity index (χ0v) is 22.0. The zero-order valence-electron chi connectivity index (χ0n) is 22.0. The molecule has 1 saturated heterocycles. The number of piperazine rings is 1. The highest BCUT2D eigenvalue weighted by molar-refractivity contribution is 6.07. The third-order valence-corrected chi connectivity index (χ3v) is 8.68. The fraction of sp³-hybridized carbons (Fsp3) is 0.548. The first kappa shape index (κ1) is 25.0. The zero-order chi connectivity index (χ0) is 25.1. The van der Waals surface area contributed by atoms with Crippen LogP contribution in [0.4, 0.5) is 5.69 Å². The quantitative estimate of drug-likeness (QED) is 0.553. The first-order valence-electron chi connectivity index (χ1n) is 14.0. The van der Waals surface area contributed by atoms with Gasteiger partial charge in [0.25, 0.3) is 5.91 Å². The Morgan fingerprint density at radius 3 is 2.36 bits per heavy atom. The third-order valence-electron chi connectivity index (χ3n) is 8.68. The van der Waals surface area contributed by atoms with Crippen LogP contribution in [-0.4, -0.2) is 61.4 Å². The van der Waals surface area contributed by atoms with Crippen molar-refractivity contribution in [3.8, 4) is 0 Å². The van der Waals surface area contributed by atoms with Crippen LogP contribution in [0.1, 0.15) is 90.3 Å². The van der Waals surface area contributed by atoms with E-state index in [9.17, 15) is 9.59 Å². The molecule has 0 N–H and O–H groups in total. The molecule has 2 aliphatic heterocycles. The summed E-state index contributed by atoms with van der Waals surface area (Å²) in [5.74, 6) is 1.12. The average Bonchev–Trinajstić information content (AvgIpc) is 3.09. The Morgan fingerprint density at radius 2 is 1.61 bits per heavy atom. The van der Waals surface area contributed by atoms with Crippen LogP contribution in [0.5, 0.6) is 0 Å². The molecular weight excluding hydrogens is 446 g/mol. The smallest absolute Gasteiger partial charge is 0.258 e. The molecule has 1 saturated carbocycles. The molecule has 5 heteroatoms. The van der Waals surface area contributed by atoms with Crippen molar-refractivity contribution in [2.75, 3.05) is 44.7 Å². The van der Waals surface area contributed by atoms with Crippen molar-refractivity contribution >= 4 is 17.5 Å². The predicted molar refractivity (Wildman–Crippen MR) is 146 cm³/mol. The van der Waals surface area contributed by atoms with Crippen molar-refractivity contribution in [2.24, 2.45) is 0 Å². The van der Waals surface area contributed by atoms with E-state index in [0.717, 1.165) is 61.4 Å². The van der Waals surface area contributed by atoms with E-state index in [1.807, 2.05) is 21.9 Å². The molecule has 0 aromatic heterocycles. The predicted octanol–water partition coefficient (Wildman–Crippen LogP) is 5.73. The highest BCUT2D eigenvalue weighted by Gasteiger charge is 2.30. The number of benzene rings is 2. The SMILES string of the molecule is Cc1cc(C2CCCCC2)ccc1C(=O)N1CCCC(CC(=O)N2CCN(C)CC2)c2ccccc21. The fourth-order valence-electron chi connectivity index (χ4n) is 6.43. The van der Waals surface area contributed by atoms with Gasteiger partial charge in [0.2, 0.25) is 5.91 Å². The third kappa shape index (κ3) is 5.36. The number of nitrogens with zero attached hydrogens (tertiary/aromatic N) is 3. The number of likely N-dealkylation sites (N-methyl/N-ethyl adjacent to an activating group) is 1. The minimum absolute atomic E-state index is 0.0844. The molecular formula is C31H41N3O2. The molecule has 3 aliphatic rings. The lowest BCUT2D eigenvalue weighted by atomic mass is 9.83. The summed E-state index contributed by atoms with van der Waals surface area (Å²) in [6, 6.07) is 14.8. The molecule has 2 fully saturated rings. The van der Waals surface area contributed by atoms with Crippen molar-refractivity contribution in [2.45, 2.75) is 70.1 Å². The molecule has 0 bridgehead atoms. The van der Waals surface area contributed by atoms with Gasteiger partial charge in [0, 0.05) is 50.4 Å². The molecule has 192 valence electrons. The van der Waals surface area contributed by atoms with Gasteiger partial charge in [-0.25, -0.2) is 0 Å². The first-order valence-corrected chi connectivity index (χ1v) is 14.0. The van der Waals surface area contributed by atoms with Gasteiger partial charge in [0.15, 0.2) is 0 Å². The summed E-state index contributed by atoms with van der Waals surface area (Å²) >= 11 is 0. The minimum atomic E-state index is 0.0844. The highest BCUT2D eigenvalue weighted by atomic mass is 16.2. The van der Waals surface area contributed by atoms with Crippen molar-refractivity contribution in [3.05, 3.63) is 64.7 Å². The van der Waals surface area contributed by atoms with E-state index in [1.165, 1.54) is 37.7 Å². The molecule has 0 radical (unpaired) electrons. The maximum atomic E-state index is 13.9. The fourth-order valence-corrected chi connectivity index (χ4v) is 6.43. The van der Waals surface area contributed by atoms with Gasteiger partial charge in [-0.2, -0.15) is 0 Å². The lowest BCUT2D eigenvalue weighted by molar-refractivity contribution is -0.133. The van der Waals surface area contributed by atoms with E-state index < -0.39 is 0 Å². The van der Waals surface area contributed by atoms with Gasteiger partial charge in [-0.1, -0.05) is 49.6 Å². The largest absolute Gasteiger partial charge is 0.340 e. The Balaban J connectivity index is 1.35. The second-order valence-corrected chi connectivity index (χ2v) is 11.2. The Bertz CT molecular complexity index is 1080. The molecule has 2 heterocycles. The average molecular weight is 488 g/mol. The van der Waals surface area contributed by atoms with Gasteiger partial charge in [0.05, 0.1) is 0 Å². The summed E-state index contributed by atoms with van der Waals surface area (Å²) in [7, 11) is 2.11. The number of carbonyl (C=O) groups is 2. The van der Waals surface area contributed by atoms with Crippen LogP contribution in [0, 0.1) is 6.92 Å². The second kappa shape index (κ2) is 11.2. The number of rotatable bonds is 4. The lowest BCUT2D eigenvalue weighted by Crippen LogP contribution is -2.47. The van der Waals surface area contributed by atoms with E-state index in [0.29, 0.717) is 18.9 Å². The molecule has 5 rings (SSSR count). The summed E-state index contributed by atoms with van der Waals surface area (Å²) in [5, 5.41) is 0. The van der Waals surface area contributed by atoms with E-state index in [4.69, 9.17) is 0 Å². The molecule has 1 unspecified atom stereocenters. The number of aryl methyl sites for hydroxylation is 1. The van der Waals surface area contributed by atoms with Gasteiger partial charge in [-0.3, -0.25) is 9.59 Å². The van der Waals surface area contributed by atoms with Crippen molar-refractivity contribution in [1.29, 1.82) is 0 Å². The Hall–Kier alpha value is -2.66. The molecule has 5 nitrogen and oxygen atoms in total. The van der Waals surface area contributed by atoms with Crippen LogP contribution in [-0.2, 0) is 4.79 Å². The number of hydrogen-bond donors (Lipinski definition) is 0. The Kier molecular flexibility index (Phi) is 7.76. The van der Waals surface area contributed by atoms with Crippen molar-refractivity contribution in [3.63, 3.8) is 0 Å². The van der Waals surface area contributed by atoms with Gasteiger partial charge in [0.1, 0.15) is 0 Å². The summed E-state index contributed by atoms with van der Waals surface area (Å²) in [6.45, 7) is 6.27. The lowest BCUT2D eigenvalue weighted by Gasteiger charge is -2.33. The summed E-state index contributed by atoms with van der Waals surface area (Å²) in [6.07, 6.45) is 8.86. The normalized spacial score (nSPS) is 21.7. The van der Waals surface area contributed by atoms with Crippen LogP contribution >= 0.6 is 0 Å². The van der Waals surface area contributed by atoms with Gasteiger partial charge in [-0.15, -0.1) is 0 Å². The van der Waals surface area contributed by atoms with Crippen molar-refractivity contribution < 1.29 is 9.59 Å². The van der Waals surface area contributed by atoms with Crippen LogP contribution < -0.4 is 4.90 Å². The van der Waals surface area contributed by atoms with Gasteiger partial charge in [-0.05, 0) is 80.3 Å². The summed E-state index contributed by atoms with van der Waals surface area (Å²) in [4.78, 5) is 33.3. The maximum absolute atomic E-state index is 13.9. The number of carbonyl (C=O) groups excluding carboxylic acids is 2. The number of fused-ring (bicyclic) bond motifs is 1. The van der Waals surface area contributed by atoms with E-state index >= 15 is 0 Å². The number of para-hydroxylation sites is 1. The van der Waals surface area contributed by atoms with Gasteiger partial charge < -0.3 is 14.7 Å². The monoisotopic (exact) mass is 487 g/mol. The molecule has 2 aromatic rings. The Labute approximate surface area is 216 Å². The molecule has 0 spiro atoms. The molecule has 2 aromatic carbocycles.